The van der Waals surface area contributed by atoms with Crippen molar-refractivity contribution < 1.29 is 20.1 Å². The molecule has 0 bridgehead atoms. The molecule has 1 fully saturated rings. The third-order valence-corrected chi connectivity index (χ3v) is 6.20. The fourth-order valence-electron chi connectivity index (χ4n) is 4.44. The third kappa shape index (κ3) is 4.14. The fourth-order valence-corrected chi connectivity index (χ4v) is 4.44. The van der Waals surface area contributed by atoms with Crippen molar-refractivity contribution in [1.82, 2.24) is 19.5 Å². The summed E-state index contributed by atoms with van der Waals surface area (Å²) in [6, 6.07) is 20.5. The van der Waals surface area contributed by atoms with Gasteiger partial charge < -0.3 is 25.4 Å². The van der Waals surface area contributed by atoms with Gasteiger partial charge in [-0.25, -0.2) is 15.0 Å². The Hall–Kier alpha value is -3.37. The van der Waals surface area contributed by atoms with Crippen LogP contribution in [0.25, 0.3) is 11.2 Å². The van der Waals surface area contributed by atoms with Crippen molar-refractivity contribution >= 4 is 17.0 Å². The van der Waals surface area contributed by atoms with E-state index in [9.17, 15) is 15.3 Å². The molecule has 0 aliphatic carbocycles. The number of ether oxygens (including phenoxy) is 1. The van der Waals surface area contributed by atoms with E-state index in [-0.39, 0.29) is 5.92 Å². The maximum Gasteiger partial charge on any atom is 0.167 e. The van der Waals surface area contributed by atoms with Gasteiger partial charge in [-0.2, -0.15) is 0 Å². The molecule has 0 unspecified atom stereocenters. The predicted octanol–water partition coefficient (Wildman–Crippen LogP) is 1.99. The normalized spacial score (nSPS) is 22.5. The first-order valence-electron chi connectivity index (χ1n) is 11.2. The van der Waals surface area contributed by atoms with E-state index in [1.165, 1.54) is 17.5 Å². The predicted molar refractivity (Wildman–Crippen MR) is 126 cm³/mol. The number of fused-ring (bicyclic) bond motifs is 1. The molecular weight excluding hydrogens is 434 g/mol. The molecule has 0 saturated carbocycles. The summed E-state index contributed by atoms with van der Waals surface area (Å²) in [4.78, 5) is 13.6. The summed E-state index contributed by atoms with van der Waals surface area (Å²) in [6.07, 6.45) is -2.71. The van der Waals surface area contributed by atoms with Crippen molar-refractivity contribution in [2.45, 2.75) is 37.4 Å². The summed E-state index contributed by atoms with van der Waals surface area (Å²) >= 11 is 0. The van der Waals surface area contributed by atoms with Crippen LogP contribution in [-0.4, -0.2) is 66.3 Å². The van der Waals surface area contributed by atoms with Crippen LogP contribution in [0.5, 0.6) is 0 Å². The van der Waals surface area contributed by atoms with E-state index >= 15 is 0 Å². The number of aryl methyl sites for hydroxylation is 1. The first-order valence-corrected chi connectivity index (χ1v) is 11.2. The maximum absolute atomic E-state index is 10.5. The van der Waals surface area contributed by atoms with Crippen LogP contribution in [0.2, 0.25) is 0 Å². The van der Waals surface area contributed by atoms with Crippen LogP contribution < -0.4 is 5.32 Å². The van der Waals surface area contributed by atoms with Crippen LogP contribution in [0, 0.1) is 6.92 Å². The topological polar surface area (TPSA) is 126 Å². The van der Waals surface area contributed by atoms with Crippen molar-refractivity contribution in [3.05, 3.63) is 83.9 Å². The molecule has 1 aliphatic heterocycles. The Bertz CT molecular complexity index is 1210. The van der Waals surface area contributed by atoms with Crippen molar-refractivity contribution in [2.75, 3.05) is 18.5 Å². The number of benzene rings is 2. The van der Waals surface area contributed by atoms with E-state index in [1.54, 1.807) is 11.5 Å². The number of aliphatic hydroxyl groups is 3. The summed E-state index contributed by atoms with van der Waals surface area (Å²) in [5.41, 5.74) is 3.37. The SMILES string of the molecule is Cc1nc(NCC(c2ccccc2)c2ccccc2)c2ncn([C@@H]3O[C@H](CO)[C@@H](O)[C@H]3O)c2n1. The molecule has 0 amide bonds. The van der Waals surface area contributed by atoms with Gasteiger partial charge in [-0.15, -0.1) is 0 Å². The lowest BCUT2D eigenvalue weighted by molar-refractivity contribution is -0.0511. The van der Waals surface area contributed by atoms with Gasteiger partial charge in [-0.05, 0) is 18.1 Å². The minimum Gasteiger partial charge on any atom is -0.394 e. The molecule has 9 nitrogen and oxygen atoms in total. The molecule has 4 aromatic rings. The molecule has 4 atom stereocenters. The smallest absolute Gasteiger partial charge is 0.167 e. The molecule has 2 aromatic carbocycles. The zero-order valence-electron chi connectivity index (χ0n) is 18.7. The molecule has 1 aliphatic rings. The maximum atomic E-state index is 10.5. The van der Waals surface area contributed by atoms with E-state index in [0.29, 0.717) is 29.4 Å². The van der Waals surface area contributed by atoms with Crippen LogP contribution in [0.1, 0.15) is 29.1 Å². The van der Waals surface area contributed by atoms with Crippen molar-refractivity contribution in [2.24, 2.45) is 0 Å². The Morgan fingerprint density at radius 2 is 1.62 bits per heavy atom. The molecule has 2 aromatic heterocycles. The number of aromatic nitrogens is 4. The molecule has 5 rings (SSSR count). The van der Waals surface area contributed by atoms with Gasteiger partial charge in [0.25, 0.3) is 0 Å². The van der Waals surface area contributed by atoms with Gasteiger partial charge in [-0.1, -0.05) is 60.7 Å². The first-order chi connectivity index (χ1) is 16.6. The van der Waals surface area contributed by atoms with Crippen LogP contribution in [0.4, 0.5) is 5.82 Å². The largest absolute Gasteiger partial charge is 0.394 e. The average molecular weight is 462 g/mol. The van der Waals surface area contributed by atoms with Crippen LogP contribution >= 0.6 is 0 Å². The molecule has 34 heavy (non-hydrogen) atoms. The zero-order chi connectivity index (χ0) is 23.7. The van der Waals surface area contributed by atoms with Gasteiger partial charge in [-0.3, -0.25) is 4.57 Å². The van der Waals surface area contributed by atoms with Gasteiger partial charge in [0.05, 0.1) is 12.9 Å². The van der Waals surface area contributed by atoms with Crippen molar-refractivity contribution in [3.63, 3.8) is 0 Å². The summed E-state index contributed by atoms with van der Waals surface area (Å²) in [5.74, 6) is 1.19. The fraction of sp³-hybridized carbons (Fsp3) is 0.320. The third-order valence-electron chi connectivity index (χ3n) is 6.20. The number of rotatable bonds is 7. The summed E-state index contributed by atoms with van der Waals surface area (Å²) in [5, 5.41) is 33.5. The number of hydrogen-bond donors (Lipinski definition) is 4. The molecule has 4 N–H and O–H groups in total. The van der Waals surface area contributed by atoms with Crippen LogP contribution in [0.15, 0.2) is 67.0 Å². The second-order valence-corrected chi connectivity index (χ2v) is 8.43. The number of nitrogens with one attached hydrogen (secondary N) is 1. The van der Waals surface area contributed by atoms with Gasteiger partial charge in [0, 0.05) is 12.5 Å². The number of nitrogens with zero attached hydrogens (tertiary/aromatic N) is 4. The lowest BCUT2D eigenvalue weighted by Crippen LogP contribution is -2.33. The minimum atomic E-state index is -1.22. The Morgan fingerprint density at radius 3 is 2.21 bits per heavy atom. The lowest BCUT2D eigenvalue weighted by atomic mass is 9.91. The van der Waals surface area contributed by atoms with E-state index in [2.05, 4.69) is 44.5 Å². The van der Waals surface area contributed by atoms with Crippen molar-refractivity contribution in [1.29, 1.82) is 0 Å². The Kier molecular flexibility index (Phi) is 6.25. The molecule has 0 spiro atoms. The van der Waals surface area contributed by atoms with E-state index in [4.69, 9.17) is 4.74 Å². The second-order valence-electron chi connectivity index (χ2n) is 8.43. The number of hydrogen-bond acceptors (Lipinski definition) is 8. The number of aliphatic hydroxyl groups excluding tert-OH is 3. The molecule has 9 heteroatoms. The highest BCUT2D eigenvalue weighted by Crippen LogP contribution is 2.33. The lowest BCUT2D eigenvalue weighted by Gasteiger charge is -2.20. The highest BCUT2D eigenvalue weighted by Gasteiger charge is 2.44. The van der Waals surface area contributed by atoms with E-state index in [0.717, 1.165) is 0 Å². The Morgan fingerprint density at radius 1 is 0.971 bits per heavy atom. The summed E-state index contributed by atoms with van der Waals surface area (Å²) in [6.45, 7) is 1.97. The summed E-state index contributed by atoms with van der Waals surface area (Å²) in [7, 11) is 0. The molecule has 0 radical (unpaired) electrons. The molecule has 1 saturated heterocycles. The van der Waals surface area contributed by atoms with E-state index < -0.39 is 31.1 Å². The van der Waals surface area contributed by atoms with Crippen LogP contribution in [-0.2, 0) is 4.74 Å². The highest BCUT2D eigenvalue weighted by molar-refractivity contribution is 5.83. The van der Waals surface area contributed by atoms with Crippen LogP contribution in [0.3, 0.4) is 0 Å². The van der Waals surface area contributed by atoms with E-state index in [1.807, 2.05) is 36.4 Å². The quantitative estimate of drug-likeness (QED) is 0.329. The number of imidazole rings is 1. The standard InChI is InChI=1S/C25H27N5O4/c1-15-28-23(26-12-18(16-8-4-2-5-9-16)17-10-6-3-7-11-17)20-24(29-15)30(14-27-20)25-22(33)21(32)19(13-31)34-25/h2-11,14,18-19,21-22,25,31-33H,12-13H2,1H3,(H,26,28,29)/t19-,21-,22-,25-/m1/s1. The van der Waals surface area contributed by atoms with Crippen molar-refractivity contribution in [3.8, 4) is 0 Å². The minimum absolute atomic E-state index is 0.0928. The Labute approximate surface area is 196 Å². The first kappa shape index (κ1) is 22.4. The van der Waals surface area contributed by atoms with Gasteiger partial charge in [0.1, 0.15) is 24.1 Å². The monoisotopic (exact) mass is 461 g/mol. The van der Waals surface area contributed by atoms with Gasteiger partial charge in [0.2, 0.25) is 0 Å². The molecule has 176 valence electrons. The molecular formula is C25H27N5O4. The number of anilines is 1. The highest BCUT2D eigenvalue weighted by atomic mass is 16.6. The zero-order valence-corrected chi connectivity index (χ0v) is 18.7. The Balaban J connectivity index is 1.46. The molecule has 3 heterocycles. The second kappa shape index (κ2) is 9.47. The van der Waals surface area contributed by atoms with Gasteiger partial charge >= 0.3 is 0 Å². The van der Waals surface area contributed by atoms with Gasteiger partial charge in [0.15, 0.2) is 23.2 Å². The average Bonchev–Trinajstić information content (AvgIpc) is 3.41. The summed E-state index contributed by atoms with van der Waals surface area (Å²) < 4.78 is 7.25.